The first-order valence-corrected chi connectivity index (χ1v) is 5.63. The fraction of sp³-hybridized carbons (Fsp3) is 0.333. The summed E-state index contributed by atoms with van der Waals surface area (Å²) >= 11 is 0. The lowest BCUT2D eigenvalue weighted by atomic mass is 10.00. The molecule has 0 aliphatic rings. The maximum absolute atomic E-state index is 10.7. The lowest BCUT2D eigenvalue weighted by Crippen LogP contribution is -2.34. The van der Waals surface area contributed by atoms with Gasteiger partial charge < -0.3 is 30.8 Å². The van der Waals surface area contributed by atoms with E-state index in [1.807, 2.05) is 0 Å². The predicted octanol–water partition coefficient (Wildman–Crippen LogP) is -0.674. The number of hydrogen-bond acceptors (Lipinski definition) is 6. The van der Waals surface area contributed by atoms with Gasteiger partial charge in [0.05, 0.1) is 11.1 Å². The van der Waals surface area contributed by atoms with Gasteiger partial charge in [-0.2, -0.15) is 0 Å². The van der Waals surface area contributed by atoms with Crippen molar-refractivity contribution in [1.29, 1.82) is 0 Å². The van der Waals surface area contributed by atoms with Crippen LogP contribution in [0.25, 0.3) is 0 Å². The fourth-order valence-corrected chi connectivity index (χ4v) is 1.60. The number of carbonyl (C=O) groups is 2. The summed E-state index contributed by atoms with van der Waals surface area (Å²) in [4.78, 5) is 21.4. The average molecular weight is 285 g/mol. The number of carbonyl (C=O) groups excluding carboxylic acids is 1. The van der Waals surface area contributed by atoms with Crippen LogP contribution in [0, 0.1) is 0 Å². The third-order valence-corrected chi connectivity index (χ3v) is 2.60. The van der Waals surface area contributed by atoms with Crippen molar-refractivity contribution >= 4 is 11.9 Å². The van der Waals surface area contributed by atoms with Gasteiger partial charge in [-0.1, -0.05) is 0 Å². The summed E-state index contributed by atoms with van der Waals surface area (Å²) in [5.41, 5.74) is -0.778. The molecule has 8 nitrogen and oxygen atoms in total. The molecule has 0 saturated carbocycles. The molecule has 1 amide bonds. The second kappa shape index (κ2) is 6.22. The van der Waals surface area contributed by atoms with Crippen molar-refractivity contribution in [2.24, 2.45) is 0 Å². The van der Waals surface area contributed by atoms with E-state index in [1.165, 1.54) is 6.92 Å². The first-order valence-electron chi connectivity index (χ1n) is 5.63. The zero-order chi connectivity index (χ0) is 15.4. The Bertz CT molecular complexity index is 506. The van der Waals surface area contributed by atoms with Crippen LogP contribution in [-0.2, 0) is 4.79 Å². The van der Waals surface area contributed by atoms with E-state index < -0.39 is 41.1 Å². The normalized spacial score (nSPS) is 13.6. The van der Waals surface area contributed by atoms with E-state index in [9.17, 15) is 30.0 Å². The van der Waals surface area contributed by atoms with Crippen molar-refractivity contribution in [3.05, 3.63) is 23.3 Å². The standard InChI is InChI=1S/C12H15NO7/c1-5(14)13-4-9(17)11(18)10-7(15)2-6(12(19)20)3-8(10)16/h2-3,9,11,15-18H,4H2,1H3,(H,13,14)(H,19,20). The van der Waals surface area contributed by atoms with E-state index in [0.717, 1.165) is 12.1 Å². The number of phenols is 2. The molecule has 0 heterocycles. The van der Waals surface area contributed by atoms with Crippen LogP contribution >= 0.6 is 0 Å². The molecule has 2 atom stereocenters. The molecule has 6 N–H and O–H groups in total. The number of carboxylic acid groups (broad SMARTS) is 1. The molecule has 1 aromatic carbocycles. The number of amides is 1. The van der Waals surface area contributed by atoms with Crippen molar-refractivity contribution in [2.45, 2.75) is 19.1 Å². The molecule has 20 heavy (non-hydrogen) atoms. The molecule has 0 radical (unpaired) electrons. The third-order valence-electron chi connectivity index (χ3n) is 2.60. The van der Waals surface area contributed by atoms with Crippen LogP contribution in [-0.4, -0.2) is 50.1 Å². The van der Waals surface area contributed by atoms with Crippen LogP contribution < -0.4 is 5.32 Å². The highest BCUT2D eigenvalue weighted by Crippen LogP contribution is 2.35. The first-order chi connectivity index (χ1) is 9.23. The molecular formula is C12H15NO7. The number of aromatic carboxylic acids is 1. The van der Waals surface area contributed by atoms with E-state index in [0.29, 0.717) is 0 Å². The van der Waals surface area contributed by atoms with Gasteiger partial charge in [0.1, 0.15) is 23.7 Å². The highest BCUT2D eigenvalue weighted by atomic mass is 16.4. The first kappa shape index (κ1) is 15.7. The molecule has 110 valence electrons. The second-order valence-electron chi connectivity index (χ2n) is 4.18. The molecule has 1 rings (SSSR count). The minimum Gasteiger partial charge on any atom is -0.507 e. The Morgan fingerprint density at radius 1 is 1.20 bits per heavy atom. The maximum Gasteiger partial charge on any atom is 0.335 e. The average Bonchev–Trinajstić information content (AvgIpc) is 2.34. The van der Waals surface area contributed by atoms with Crippen molar-refractivity contribution in [2.75, 3.05) is 6.54 Å². The third kappa shape index (κ3) is 3.59. The molecule has 0 fully saturated rings. The Hall–Kier alpha value is -2.32. The van der Waals surface area contributed by atoms with Crippen molar-refractivity contribution < 1.29 is 35.1 Å². The highest BCUT2D eigenvalue weighted by Gasteiger charge is 2.26. The summed E-state index contributed by atoms with van der Waals surface area (Å²) in [5.74, 6) is -3.13. The van der Waals surface area contributed by atoms with Crippen molar-refractivity contribution in [3.63, 3.8) is 0 Å². The van der Waals surface area contributed by atoms with Crippen molar-refractivity contribution in [1.82, 2.24) is 5.32 Å². The molecule has 0 spiro atoms. The van der Waals surface area contributed by atoms with Crippen LogP contribution in [0.15, 0.2) is 12.1 Å². The Labute approximate surface area is 113 Å². The number of rotatable bonds is 5. The number of nitrogens with one attached hydrogen (secondary N) is 1. The number of aliphatic hydroxyl groups excluding tert-OH is 2. The van der Waals surface area contributed by atoms with E-state index in [2.05, 4.69) is 5.32 Å². The quantitative estimate of drug-likeness (QED) is 0.420. The van der Waals surface area contributed by atoms with Gasteiger partial charge in [-0.25, -0.2) is 4.79 Å². The van der Waals surface area contributed by atoms with Crippen LogP contribution in [0.2, 0.25) is 0 Å². The number of aromatic hydroxyl groups is 2. The van der Waals surface area contributed by atoms with Gasteiger partial charge >= 0.3 is 5.97 Å². The molecule has 0 aromatic heterocycles. The largest absolute Gasteiger partial charge is 0.507 e. The summed E-state index contributed by atoms with van der Waals surface area (Å²) in [6.07, 6.45) is -3.17. The zero-order valence-corrected chi connectivity index (χ0v) is 10.6. The van der Waals surface area contributed by atoms with Crippen molar-refractivity contribution in [3.8, 4) is 11.5 Å². The summed E-state index contributed by atoms with van der Waals surface area (Å²) in [5, 5.41) is 49.7. The lowest BCUT2D eigenvalue weighted by molar-refractivity contribution is -0.119. The molecule has 0 aliphatic carbocycles. The van der Waals surface area contributed by atoms with Crippen LogP contribution in [0.5, 0.6) is 11.5 Å². The number of aliphatic hydroxyl groups is 2. The summed E-state index contributed by atoms with van der Waals surface area (Å²) in [6, 6.07) is 1.68. The fourth-order valence-electron chi connectivity index (χ4n) is 1.60. The lowest BCUT2D eigenvalue weighted by Gasteiger charge is -2.20. The minimum atomic E-state index is -1.69. The summed E-state index contributed by atoms with van der Waals surface area (Å²) in [6.45, 7) is 0.922. The zero-order valence-electron chi connectivity index (χ0n) is 10.6. The molecule has 0 aliphatic heterocycles. The van der Waals surface area contributed by atoms with Gasteiger partial charge in [0.2, 0.25) is 5.91 Å². The van der Waals surface area contributed by atoms with Gasteiger partial charge in [0.25, 0.3) is 0 Å². The van der Waals surface area contributed by atoms with E-state index in [1.54, 1.807) is 0 Å². The molecule has 0 bridgehead atoms. The van der Waals surface area contributed by atoms with Gasteiger partial charge in [0.15, 0.2) is 0 Å². The Kier molecular flexibility index (Phi) is 4.89. The van der Waals surface area contributed by atoms with Gasteiger partial charge in [-0.05, 0) is 12.1 Å². The molecule has 8 heteroatoms. The maximum atomic E-state index is 10.7. The highest BCUT2D eigenvalue weighted by molar-refractivity contribution is 5.89. The van der Waals surface area contributed by atoms with E-state index in [-0.39, 0.29) is 12.1 Å². The minimum absolute atomic E-state index is 0.296. The Morgan fingerprint density at radius 2 is 1.70 bits per heavy atom. The second-order valence-corrected chi connectivity index (χ2v) is 4.18. The smallest absolute Gasteiger partial charge is 0.335 e. The molecule has 2 unspecified atom stereocenters. The van der Waals surface area contributed by atoms with Gasteiger partial charge in [-0.3, -0.25) is 4.79 Å². The van der Waals surface area contributed by atoms with Crippen LogP contribution in [0.1, 0.15) is 28.9 Å². The van der Waals surface area contributed by atoms with Crippen LogP contribution in [0.3, 0.4) is 0 Å². The molecule has 0 saturated heterocycles. The SMILES string of the molecule is CC(=O)NCC(O)C(O)c1c(O)cc(C(=O)O)cc1O. The monoisotopic (exact) mass is 285 g/mol. The number of phenolic OH excluding ortho intramolecular Hbond substituents is 2. The summed E-state index contributed by atoms with van der Waals surface area (Å²) < 4.78 is 0. The van der Waals surface area contributed by atoms with Crippen LogP contribution in [0.4, 0.5) is 0 Å². The number of carboxylic acids is 1. The Morgan fingerprint density at radius 3 is 2.10 bits per heavy atom. The Balaban J connectivity index is 3.01. The van der Waals surface area contributed by atoms with E-state index in [4.69, 9.17) is 5.11 Å². The van der Waals surface area contributed by atoms with Gasteiger partial charge in [-0.15, -0.1) is 0 Å². The number of hydrogen-bond donors (Lipinski definition) is 6. The van der Waals surface area contributed by atoms with E-state index >= 15 is 0 Å². The van der Waals surface area contributed by atoms with Gasteiger partial charge in [0, 0.05) is 13.5 Å². The molecule has 1 aromatic rings. The predicted molar refractivity (Wildman–Crippen MR) is 66.4 cm³/mol. The topological polar surface area (TPSA) is 147 Å². The number of benzene rings is 1. The molecular weight excluding hydrogens is 270 g/mol. The summed E-state index contributed by atoms with van der Waals surface area (Å²) in [7, 11) is 0.